The highest BCUT2D eigenvalue weighted by Gasteiger charge is 2.11. The molecule has 0 radical (unpaired) electrons. The Balaban J connectivity index is 1.83. The van der Waals surface area contributed by atoms with Crippen LogP contribution in [-0.2, 0) is 0 Å². The predicted octanol–water partition coefficient (Wildman–Crippen LogP) is 4.58. The molecule has 0 aliphatic heterocycles. The first kappa shape index (κ1) is 16.0. The number of hydrogen-bond acceptors (Lipinski definition) is 5. The zero-order valence-corrected chi connectivity index (χ0v) is 14.0. The maximum absolute atomic E-state index is 13.7. The maximum atomic E-state index is 13.7. The molecule has 4 rings (SSSR count). The van der Waals surface area contributed by atoms with E-state index in [-0.39, 0.29) is 5.75 Å². The van der Waals surface area contributed by atoms with E-state index in [9.17, 15) is 4.39 Å². The molecule has 1 N–H and O–H groups in total. The highest BCUT2D eigenvalue weighted by molar-refractivity contribution is 5.92. The standard InChI is InChI=1S/C20H15FN4O/c1-26-18-12-14(6-7-16(18)21)23-20-15-4-2-3-5-17(15)24-19(25-20)13-8-10-22-11-9-13/h2-12H,1H3,(H,23,24,25). The summed E-state index contributed by atoms with van der Waals surface area (Å²) in [6.07, 6.45) is 3.40. The van der Waals surface area contributed by atoms with E-state index in [1.165, 1.54) is 13.2 Å². The van der Waals surface area contributed by atoms with Crippen molar-refractivity contribution in [2.24, 2.45) is 0 Å². The molecule has 2 aromatic heterocycles. The van der Waals surface area contributed by atoms with Crippen LogP contribution in [0.2, 0.25) is 0 Å². The molecule has 0 aliphatic rings. The molecule has 0 saturated carbocycles. The number of para-hydroxylation sites is 1. The fourth-order valence-electron chi connectivity index (χ4n) is 2.68. The van der Waals surface area contributed by atoms with Crippen LogP contribution < -0.4 is 10.1 Å². The summed E-state index contributed by atoms with van der Waals surface area (Å²) in [5.41, 5.74) is 2.35. The first-order chi connectivity index (χ1) is 12.7. The second-order valence-electron chi connectivity index (χ2n) is 5.62. The number of methoxy groups -OCH3 is 1. The number of nitrogens with one attached hydrogen (secondary N) is 1. The minimum Gasteiger partial charge on any atom is -0.494 e. The fraction of sp³-hybridized carbons (Fsp3) is 0.0500. The molecule has 5 nitrogen and oxygen atoms in total. The van der Waals surface area contributed by atoms with Crippen LogP contribution in [0.15, 0.2) is 67.0 Å². The Morgan fingerprint density at radius 1 is 0.962 bits per heavy atom. The summed E-state index contributed by atoms with van der Waals surface area (Å²) in [5, 5.41) is 4.11. The summed E-state index contributed by atoms with van der Waals surface area (Å²) in [7, 11) is 1.43. The van der Waals surface area contributed by atoms with E-state index in [0.717, 1.165) is 16.5 Å². The lowest BCUT2D eigenvalue weighted by atomic mass is 10.2. The lowest BCUT2D eigenvalue weighted by Crippen LogP contribution is -2.00. The molecule has 26 heavy (non-hydrogen) atoms. The minimum absolute atomic E-state index is 0.169. The topological polar surface area (TPSA) is 59.9 Å². The van der Waals surface area contributed by atoms with Gasteiger partial charge in [-0.1, -0.05) is 12.1 Å². The molecule has 0 amide bonds. The Hall–Kier alpha value is -3.54. The molecule has 6 heteroatoms. The van der Waals surface area contributed by atoms with Crippen LogP contribution in [0.25, 0.3) is 22.3 Å². The van der Waals surface area contributed by atoms with E-state index < -0.39 is 5.82 Å². The lowest BCUT2D eigenvalue weighted by Gasteiger charge is -2.12. The molecule has 0 unspecified atom stereocenters. The number of anilines is 2. The largest absolute Gasteiger partial charge is 0.494 e. The SMILES string of the molecule is COc1cc(Nc2nc(-c3ccncc3)nc3ccccc23)ccc1F. The zero-order valence-electron chi connectivity index (χ0n) is 14.0. The van der Waals surface area contributed by atoms with Crippen LogP contribution in [0.1, 0.15) is 0 Å². The van der Waals surface area contributed by atoms with Gasteiger partial charge in [0.1, 0.15) is 5.82 Å². The first-order valence-corrected chi connectivity index (χ1v) is 8.02. The molecular weight excluding hydrogens is 331 g/mol. The molecule has 0 aliphatic carbocycles. The van der Waals surface area contributed by atoms with Crippen molar-refractivity contribution < 1.29 is 9.13 Å². The fourth-order valence-corrected chi connectivity index (χ4v) is 2.68. The summed E-state index contributed by atoms with van der Waals surface area (Å²) in [6, 6.07) is 16.0. The van der Waals surface area contributed by atoms with Crippen molar-refractivity contribution in [2.75, 3.05) is 12.4 Å². The monoisotopic (exact) mass is 346 g/mol. The Bertz CT molecular complexity index is 1070. The Kier molecular flexibility index (Phi) is 4.15. The molecule has 4 aromatic rings. The van der Waals surface area contributed by atoms with Crippen LogP contribution >= 0.6 is 0 Å². The third-order valence-corrected chi connectivity index (χ3v) is 3.96. The number of pyridine rings is 1. The number of hydrogen-bond donors (Lipinski definition) is 1. The van der Waals surface area contributed by atoms with Gasteiger partial charge in [-0.3, -0.25) is 4.98 Å². The number of ether oxygens (including phenoxy) is 1. The Morgan fingerprint density at radius 3 is 2.58 bits per heavy atom. The number of aromatic nitrogens is 3. The molecule has 0 fully saturated rings. The van der Waals surface area contributed by atoms with Crippen LogP contribution in [0.3, 0.4) is 0 Å². The van der Waals surface area contributed by atoms with E-state index in [2.05, 4.69) is 20.3 Å². The van der Waals surface area contributed by atoms with Gasteiger partial charge < -0.3 is 10.1 Å². The highest BCUT2D eigenvalue weighted by atomic mass is 19.1. The van der Waals surface area contributed by atoms with Crippen LogP contribution in [0.4, 0.5) is 15.9 Å². The van der Waals surface area contributed by atoms with E-state index in [4.69, 9.17) is 4.74 Å². The van der Waals surface area contributed by atoms with E-state index in [0.29, 0.717) is 17.3 Å². The average Bonchev–Trinajstić information content (AvgIpc) is 2.70. The predicted molar refractivity (Wildman–Crippen MR) is 99.0 cm³/mol. The number of benzene rings is 2. The normalized spacial score (nSPS) is 10.7. The van der Waals surface area contributed by atoms with Crippen LogP contribution in [-0.4, -0.2) is 22.1 Å². The Labute approximate surface area is 149 Å². The molecule has 2 aromatic carbocycles. The molecule has 0 bridgehead atoms. The van der Waals surface area contributed by atoms with Gasteiger partial charge in [-0.2, -0.15) is 0 Å². The van der Waals surface area contributed by atoms with Crippen molar-refractivity contribution in [1.29, 1.82) is 0 Å². The summed E-state index contributed by atoms with van der Waals surface area (Å²) in [6.45, 7) is 0. The van der Waals surface area contributed by atoms with Gasteiger partial charge >= 0.3 is 0 Å². The van der Waals surface area contributed by atoms with Gasteiger partial charge in [0.05, 0.1) is 12.6 Å². The van der Waals surface area contributed by atoms with Gasteiger partial charge in [-0.25, -0.2) is 14.4 Å². The molecule has 0 atom stereocenters. The van der Waals surface area contributed by atoms with E-state index in [1.54, 1.807) is 24.5 Å². The first-order valence-electron chi connectivity index (χ1n) is 8.02. The summed E-state index contributed by atoms with van der Waals surface area (Å²) >= 11 is 0. The smallest absolute Gasteiger partial charge is 0.165 e. The molecular formula is C20H15FN4O. The van der Waals surface area contributed by atoms with Crippen LogP contribution in [0.5, 0.6) is 5.75 Å². The maximum Gasteiger partial charge on any atom is 0.165 e. The molecule has 0 spiro atoms. The van der Waals surface area contributed by atoms with Crippen molar-refractivity contribution in [1.82, 2.24) is 15.0 Å². The molecule has 2 heterocycles. The van der Waals surface area contributed by atoms with Crippen molar-refractivity contribution in [3.05, 3.63) is 72.8 Å². The highest BCUT2D eigenvalue weighted by Crippen LogP contribution is 2.29. The van der Waals surface area contributed by atoms with Gasteiger partial charge in [0, 0.05) is 35.1 Å². The van der Waals surface area contributed by atoms with E-state index >= 15 is 0 Å². The number of nitrogens with zero attached hydrogens (tertiary/aromatic N) is 3. The second kappa shape index (κ2) is 6.76. The molecule has 0 saturated heterocycles. The third kappa shape index (κ3) is 3.04. The van der Waals surface area contributed by atoms with Crippen LogP contribution in [0, 0.1) is 5.82 Å². The minimum atomic E-state index is -0.414. The van der Waals surface area contributed by atoms with E-state index in [1.807, 2.05) is 36.4 Å². The third-order valence-electron chi connectivity index (χ3n) is 3.96. The van der Waals surface area contributed by atoms with Crippen molar-refractivity contribution in [3.8, 4) is 17.1 Å². The van der Waals surface area contributed by atoms with Gasteiger partial charge in [0.15, 0.2) is 17.4 Å². The second-order valence-corrected chi connectivity index (χ2v) is 5.62. The number of halogens is 1. The average molecular weight is 346 g/mol. The Morgan fingerprint density at radius 2 is 1.77 bits per heavy atom. The van der Waals surface area contributed by atoms with Gasteiger partial charge in [0.2, 0.25) is 0 Å². The lowest BCUT2D eigenvalue weighted by molar-refractivity contribution is 0.387. The number of rotatable bonds is 4. The van der Waals surface area contributed by atoms with Gasteiger partial charge in [-0.15, -0.1) is 0 Å². The quantitative estimate of drug-likeness (QED) is 0.586. The van der Waals surface area contributed by atoms with Gasteiger partial charge in [-0.05, 0) is 36.4 Å². The summed E-state index contributed by atoms with van der Waals surface area (Å²) in [4.78, 5) is 13.3. The summed E-state index contributed by atoms with van der Waals surface area (Å²) in [5.74, 6) is 0.976. The van der Waals surface area contributed by atoms with Crippen molar-refractivity contribution >= 4 is 22.4 Å². The summed E-state index contributed by atoms with van der Waals surface area (Å²) < 4.78 is 18.7. The zero-order chi connectivity index (χ0) is 17.9. The van der Waals surface area contributed by atoms with Crippen molar-refractivity contribution in [3.63, 3.8) is 0 Å². The van der Waals surface area contributed by atoms with Gasteiger partial charge in [0.25, 0.3) is 0 Å². The van der Waals surface area contributed by atoms with Crippen molar-refractivity contribution in [2.45, 2.75) is 0 Å². The number of fused-ring (bicyclic) bond motifs is 1. The molecule has 128 valence electrons.